The zero-order valence-electron chi connectivity index (χ0n) is 11.2. The summed E-state index contributed by atoms with van der Waals surface area (Å²) in [5.41, 5.74) is 2.63. The van der Waals surface area contributed by atoms with Gasteiger partial charge in [0.15, 0.2) is 5.82 Å². The summed E-state index contributed by atoms with van der Waals surface area (Å²) < 4.78 is 5.41. The van der Waals surface area contributed by atoms with Crippen molar-refractivity contribution < 1.29 is 4.74 Å². The molecule has 3 aromatic rings. The molecule has 3 heterocycles. The van der Waals surface area contributed by atoms with Crippen molar-refractivity contribution in [1.82, 2.24) is 15.0 Å². The van der Waals surface area contributed by atoms with E-state index in [0.717, 1.165) is 34.1 Å². The fourth-order valence-electron chi connectivity index (χ4n) is 2.60. The van der Waals surface area contributed by atoms with E-state index < -0.39 is 0 Å². The molecule has 0 saturated carbocycles. The highest BCUT2D eigenvalue weighted by Gasteiger charge is 2.19. The molecule has 0 aliphatic carbocycles. The molecule has 0 amide bonds. The number of rotatable bonds is 1. The van der Waals surface area contributed by atoms with E-state index in [1.54, 1.807) is 6.20 Å². The molecule has 21 heavy (non-hydrogen) atoms. The van der Waals surface area contributed by atoms with E-state index in [4.69, 9.17) is 16.3 Å². The van der Waals surface area contributed by atoms with Gasteiger partial charge in [0.05, 0.1) is 18.9 Å². The Labute approximate surface area is 126 Å². The van der Waals surface area contributed by atoms with Crippen molar-refractivity contribution in [2.45, 2.75) is 13.0 Å². The Balaban J connectivity index is 1.95. The van der Waals surface area contributed by atoms with Crippen LogP contribution in [-0.4, -0.2) is 21.6 Å². The second-order valence-corrected chi connectivity index (χ2v) is 5.30. The van der Waals surface area contributed by atoms with Crippen LogP contribution in [0.3, 0.4) is 0 Å². The summed E-state index contributed by atoms with van der Waals surface area (Å²) in [6, 6.07) is 10.0. The van der Waals surface area contributed by atoms with E-state index in [1.165, 1.54) is 0 Å². The Morgan fingerprint density at radius 3 is 2.95 bits per heavy atom. The second kappa shape index (κ2) is 5.06. The van der Waals surface area contributed by atoms with Crippen LogP contribution in [0.2, 0.25) is 5.15 Å². The van der Waals surface area contributed by atoms with Gasteiger partial charge in [-0.15, -0.1) is 0 Å². The number of nitrogens with zero attached hydrogens (tertiary/aromatic N) is 3. The molecule has 0 bridgehead atoms. The normalized spacial score (nSPS) is 14.1. The van der Waals surface area contributed by atoms with Gasteiger partial charge in [0.1, 0.15) is 10.8 Å². The minimum Gasteiger partial charge on any atom is -0.376 e. The fraction of sp³-hybridized carbons (Fsp3) is 0.188. The van der Waals surface area contributed by atoms with Crippen molar-refractivity contribution >= 4 is 22.4 Å². The lowest BCUT2D eigenvalue weighted by Crippen LogP contribution is -2.14. The summed E-state index contributed by atoms with van der Waals surface area (Å²) in [5.74, 6) is 0.581. The van der Waals surface area contributed by atoms with Crippen LogP contribution >= 0.6 is 11.6 Å². The quantitative estimate of drug-likeness (QED) is 0.646. The maximum atomic E-state index is 6.29. The summed E-state index contributed by atoms with van der Waals surface area (Å²) in [7, 11) is 0. The Hall–Kier alpha value is -2.04. The maximum absolute atomic E-state index is 6.29. The number of hydrogen-bond acceptors (Lipinski definition) is 4. The Morgan fingerprint density at radius 1 is 1.10 bits per heavy atom. The lowest BCUT2D eigenvalue weighted by molar-refractivity contribution is 0.109. The van der Waals surface area contributed by atoms with Gasteiger partial charge in [-0.3, -0.25) is 4.98 Å². The molecule has 0 N–H and O–H groups in total. The highest BCUT2D eigenvalue weighted by atomic mass is 35.5. The van der Waals surface area contributed by atoms with Gasteiger partial charge in [0.2, 0.25) is 0 Å². The predicted octanol–water partition coefficient (Wildman–Crippen LogP) is 3.42. The number of aromatic nitrogens is 3. The molecule has 0 fully saturated rings. The summed E-state index contributed by atoms with van der Waals surface area (Å²) in [6.45, 7) is 1.15. The van der Waals surface area contributed by atoms with Crippen LogP contribution in [0, 0.1) is 0 Å². The van der Waals surface area contributed by atoms with Gasteiger partial charge >= 0.3 is 0 Å². The average Bonchev–Trinajstić information content (AvgIpc) is 2.54. The number of fused-ring (bicyclic) bond motifs is 2. The van der Waals surface area contributed by atoms with E-state index in [-0.39, 0.29) is 0 Å². The first-order valence-electron chi connectivity index (χ1n) is 6.80. The molecule has 1 aromatic carbocycles. The summed E-state index contributed by atoms with van der Waals surface area (Å²) in [4.78, 5) is 13.5. The third-order valence-corrected chi connectivity index (χ3v) is 3.97. The topological polar surface area (TPSA) is 47.9 Å². The van der Waals surface area contributed by atoms with Gasteiger partial charge < -0.3 is 4.74 Å². The van der Waals surface area contributed by atoms with Crippen LogP contribution in [-0.2, 0) is 17.8 Å². The largest absolute Gasteiger partial charge is 0.376 e. The molecule has 1 aliphatic rings. The van der Waals surface area contributed by atoms with Crippen molar-refractivity contribution in [1.29, 1.82) is 0 Å². The molecule has 0 spiro atoms. The van der Waals surface area contributed by atoms with Crippen molar-refractivity contribution in [3.63, 3.8) is 0 Å². The van der Waals surface area contributed by atoms with E-state index in [2.05, 4.69) is 15.0 Å². The van der Waals surface area contributed by atoms with E-state index in [0.29, 0.717) is 24.2 Å². The van der Waals surface area contributed by atoms with Crippen LogP contribution in [0.4, 0.5) is 0 Å². The average molecular weight is 298 g/mol. The van der Waals surface area contributed by atoms with E-state index in [1.807, 2.05) is 30.3 Å². The lowest BCUT2D eigenvalue weighted by atomic mass is 10.1. The predicted molar refractivity (Wildman–Crippen MR) is 81.1 cm³/mol. The molecule has 0 atom stereocenters. The van der Waals surface area contributed by atoms with Gasteiger partial charge in [-0.25, -0.2) is 9.97 Å². The molecule has 4 rings (SSSR count). The smallest absolute Gasteiger partial charge is 0.180 e. The first-order chi connectivity index (χ1) is 10.3. The van der Waals surface area contributed by atoms with Crippen LogP contribution in [0.25, 0.3) is 22.3 Å². The third kappa shape index (κ3) is 2.17. The highest BCUT2D eigenvalue weighted by molar-refractivity contribution is 6.30. The number of halogens is 1. The molecule has 4 nitrogen and oxygen atoms in total. The second-order valence-electron chi connectivity index (χ2n) is 4.95. The Morgan fingerprint density at radius 2 is 2.00 bits per heavy atom. The SMILES string of the molecule is Clc1nc(-c2nccc3ccccc23)nc2c1COCC2. The fourth-order valence-corrected chi connectivity index (χ4v) is 2.84. The highest BCUT2D eigenvalue weighted by Crippen LogP contribution is 2.28. The van der Waals surface area contributed by atoms with Crippen molar-refractivity contribution in [2.75, 3.05) is 6.61 Å². The molecular formula is C16H12ClN3O. The lowest BCUT2D eigenvalue weighted by Gasteiger charge is -2.17. The first-order valence-corrected chi connectivity index (χ1v) is 7.18. The van der Waals surface area contributed by atoms with Crippen LogP contribution in [0.15, 0.2) is 36.5 Å². The van der Waals surface area contributed by atoms with Gasteiger partial charge in [-0.1, -0.05) is 35.9 Å². The molecule has 104 valence electrons. The summed E-state index contributed by atoms with van der Waals surface area (Å²) in [6.07, 6.45) is 2.53. The molecule has 0 saturated heterocycles. The first kappa shape index (κ1) is 12.7. The molecule has 2 aromatic heterocycles. The van der Waals surface area contributed by atoms with Gasteiger partial charge in [0.25, 0.3) is 0 Å². The van der Waals surface area contributed by atoms with Crippen LogP contribution < -0.4 is 0 Å². The van der Waals surface area contributed by atoms with Gasteiger partial charge in [-0.05, 0) is 11.5 Å². The van der Waals surface area contributed by atoms with Gasteiger partial charge in [0, 0.05) is 23.6 Å². The standard InChI is InChI=1S/C16H12ClN3O/c17-15-12-9-21-8-6-13(12)19-16(20-15)14-11-4-2-1-3-10(11)5-7-18-14/h1-5,7H,6,8-9H2. The van der Waals surface area contributed by atoms with Crippen molar-refractivity contribution in [3.8, 4) is 11.5 Å². The minimum atomic E-state index is 0.462. The zero-order chi connectivity index (χ0) is 14.2. The van der Waals surface area contributed by atoms with Crippen molar-refractivity contribution in [2.24, 2.45) is 0 Å². The monoisotopic (exact) mass is 297 g/mol. The maximum Gasteiger partial charge on any atom is 0.180 e. The minimum absolute atomic E-state index is 0.462. The molecule has 5 heteroatoms. The number of pyridine rings is 1. The van der Waals surface area contributed by atoms with Crippen LogP contribution in [0.5, 0.6) is 0 Å². The van der Waals surface area contributed by atoms with Crippen LogP contribution in [0.1, 0.15) is 11.3 Å². The Kier molecular flexibility index (Phi) is 3.05. The van der Waals surface area contributed by atoms with Crippen molar-refractivity contribution in [3.05, 3.63) is 52.9 Å². The molecule has 0 radical (unpaired) electrons. The number of hydrogen-bond donors (Lipinski definition) is 0. The zero-order valence-corrected chi connectivity index (χ0v) is 12.0. The number of benzene rings is 1. The number of ether oxygens (including phenoxy) is 1. The summed E-state index contributed by atoms with van der Waals surface area (Å²) in [5, 5.41) is 2.61. The third-order valence-electron chi connectivity index (χ3n) is 3.66. The summed E-state index contributed by atoms with van der Waals surface area (Å²) >= 11 is 6.29. The van der Waals surface area contributed by atoms with Gasteiger partial charge in [-0.2, -0.15) is 0 Å². The van der Waals surface area contributed by atoms with E-state index in [9.17, 15) is 0 Å². The van der Waals surface area contributed by atoms with E-state index >= 15 is 0 Å². The molecule has 1 aliphatic heterocycles. The Bertz CT molecular complexity index is 830. The molecular weight excluding hydrogens is 286 g/mol. The molecule has 0 unspecified atom stereocenters.